The maximum atomic E-state index is 12.0. The normalized spacial score (nSPS) is 10.9. The summed E-state index contributed by atoms with van der Waals surface area (Å²) in [7, 11) is 1.50. The molecule has 0 aliphatic carbocycles. The first-order chi connectivity index (χ1) is 11.1. The van der Waals surface area contributed by atoms with Crippen molar-refractivity contribution in [2.45, 2.75) is 6.42 Å². The molecule has 5 heteroatoms. The Kier molecular flexibility index (Phi) is 5.52. The summed E-state index contributed by atoms with van der Waals surface area (Å²) < 4.78 is 5.18. The molecule has 2 N–H and O–H groups in total. The van der Waals surface area contributed by atoms with Gasteiger partial charge in [0, 0.05) is 5.56 Å². The van der Waals surface area contributed by atoms with Crippen LogP contribution in [-0.2, 0) is 16.0 Å². The number of para-hydroxylation sites is 1. The summed E-state index contributed by atoms with van der Waals surface area (Å²) in [6.07, 6.45) is 1.49. The number of carboxylic acid groups (broad SMARTS) is 1. The highest BCUT2D eigenvalue weighted by atomic mass is 16.5. The van der Waals surface area contributed by atoms with E-state index < -0.39 is 5.97 Å². The van der Waals surface area contributed by atoms with E-state index in [1.54, 1.807) is 24.3 Å². The average Bonchev–Trinajstić information content (AvgIpc) is 2.55. The van der Waals surface area contributed by atoms with Crippen LogP contribution < -0.4 is 10.1 Å². The Morgan fingerprint density at radius 3 is 2.39 bits per heavy atom. The smallest absolute Gasteiger partial charge is 0.352 e. The Hall–Kier alpha value is -3.08. The predicted octanol–water partition coefficient (Wildman–Crippen LogP) is 2.48. The van der Waals surface area contributed by atoms with Gasteiger partial charge in [0.15, 0.2) is 0 Å². The molecule has 0 saturated heterocycles. The highest BCUT2D eigenvalue weighted by molar-refractivity contribution is 5.97. The van der Waals surface area contributed by atoms with Gasteiger partial charge in [-0.15, -0.1) is 0 Å². The van der Waals surface area contributed by atoms with Crippen LogP contribution in [0.15, 0.2) is 60.3 Å². The van der Waals surface area contributed by atoms with E-state index in [1.807, 2.05) is 30.3 Å². The number of ether oxygens (including phenoxy) is 1. The van der Waals surface area contributed by atoms with Gasteiger partial charge in [0.2, 0.25) is 5.91 Å². The van der Waals surface area contributed by atoms with Crippen LogP contribution in [-0.4, -0.2) is 24.1 Å². The third-order valence-electron chi connectivity index (χ3n) is 3.15. The Morgan fingerprint density at radius 1 is 1.09 bits per heavy atom. The number of carbonyl (C=O) groups is 2. The molecule has 23 heavy (non-hydrogen) atoms. The highest BCUT2D eigenvalue weighted by Gasteiger charge is 2.13. The van der Waals surface area contributed by atoms with Gasteiger partial charge in [-0.2, -0.15) is 0 Å². The van der Waals surface area contributed by atoms with Gasteiger partial charge in [0.25, 0.3) is 0 Å². The summed E-state index contributed by atoms with van der Waals surface area (Å²) in [4.78, 5) is 23.4. The number of hydrogen-bond donors (Lipinski definition) is 2. The first kappa shape index (κ1) is 16.3. The second-order valence-corrected chi connectivity index (χ2v) is 4.82. The Morgan fingerprint density at radius 2 is 1.74 bits per heavy atom. The zero-order valence-corrected chi connectivity index (χ0v) is 12.7. The molecular weight excluding hydrogens is 294 g/mol. The molecule has 0 spiro atoms. The average molecular weight is 311 g/mol. The van der Waals surface area contributed by atoms with Crippen LogP contribution in [0.2, 0.25) is 0 Å². The van der Waals surface area contributed by atoms with Gasteiger partial charge in [0.05, 0.1) is 13.5 Å². The van der Waals surface area contributed by atoms with Crippen LogP contribution >= 0.6 is 0 Å². The van der Waals surface area contributed by atoms with Crippen LogP contribution in [0.25, 0.3) is 6.08 Å². The molecule has 0 radical (unpaired) electrons. The summed E-state index contributed by atoms with van der Waals surface area (Å²) >= 11 is 0. The molecule has 0 bridgehead atoms. The van der Waals surface area contributed by atoms with E-state index >= 15 is 0 Å². The zero-order chi connectivity index (χ0) is 16.7. The lowest BCUT2D eigenvalue weighted by Gasteiger charge is -2.08. The molecule has 0 fully saturated rings. The number of hydrogen-bond acceptors (Lipinski definition) is 3. The first-order valence-corrected chi connectivity index (χ1v) is 7.02. The molecule has 118 valence electrons. The Balaban J connectivity index is 2.17. The third-order valence-corrected chi connectivity index (χ3v) is 3.15. The van der Waals surface area contributed by atoms with E-state index in [0.717, 1.165) is 5.56 Å². The van der Waals surface area contributed by atoms with Crippen molar-refractivity contribution in [1.29, 1.82) is 0 Å². The number of carbonyl (C=O) groups excluding carboxylic acids is 1. The Bertz CT molecular complexity index is 723. The Labute approximate surface area is 134 Å². The highest BCUT2D eigenvalue weighted by Crippen LogP contribution is 2.20. The maximum Gasteiger partial charge on any atom is 0.352 e. The number of nitrogens with one attached hydrogen (secondary N) is 1. The van der Waals surface area contributed by atoms with Crippen LogP contribution in [0.1, 0.15) is 11.1 Å². The number of aliphatic carboxylic acids is 1. The van der Waals surface area contributed by atoms with Crippen molar-refractivity contribution < 1.29 is 19.4 Å². The van der Waals surface area contributed by atoms with Gasteiger partial charge in [-0.3, -0.25) is 4.79 Å². The molecule has 5 nitrogen and oxygen atoms in total. The van der Waals surface area contributed by atoms with E-state index in [0.29, 0.717) is 11.3 Å². The second-order valence-electron chi connectivity index (χ2n) is 4.82. The van der Waals surface area contributed by atoms with Crippen molar-refractivity contribution in [2.75, 3.05) is 7.11 Å². The fourth-order valence-corrected chi connectivity index (χ4v) is 2.07. The molecule has 0 heterocycles. The molecular formula is C18H17NO4. The lowest BCUT2D eigenvalue weighted by Crippen LogP contribution is -2.28. The topological polar surface area (TPSA) is 75.6 Å². The van der Waals surface area contributed by atoms with Gasteiger partial charge in [0.1, 0.15) is 11.4 Å². The molecule has 0 aromatic heterocycles. The van der Waals surface area contributed by atoms with Crippen molar-refractivity contribution in [2.24, 2.45) is 0 Å². The number of carboxylic acids is 1. The molecule has 0 saturated carbocycles. The van der Waals surface area contributed by atoms with Gasteiger partial charge in [-0.25, -0.2) is 4.79 Å². The lowest BCUT2D eigenvalue weighted by molar-refractivity contribution is -0.134. The SMILES string of the molecule is COc1ccccc1/C=C(\NC(=O)Cc1ccccc1)C(=O)O. The molecule has 2 rings (SSSR count). The number of benzene rings is 2. The molecule has 1 amide bonds. The third kappa shape index (κ3) is 4.71. The number of rotatable bonds is 6. The van der Waals surface area contributed by atoms with Crippen molar-refractivity contribution >= 4 is 18.0 Å². The van der Waals surface area contributed by atoms with Gasteiger partial charge in [-0.05, 0) is 17.7 Å². The molecule has 2 aromatic carbocycles. The van der Waals surface area contributed by atoms with E-state index in [4.69, 9.17) is 4.74 Å². The van der Waals surface area contributed by atoms with Gasteiger partial charge < -0.3 is 15.2 Å². The summed E-state index contributed by atoms with van der Waals surface area (Å²) in [5.41, 5.74) is 1.19. The van der Waals surface area contributed by atoms with Crippen LogP contribution in [0.3, 0.4) is 0 Å². The number of amides is 1. The summed E-state index contributed by atoms with van der Waals surface area (Å²) in [6.45, 7) is 0. The van der Waals surface area contributed by atoms with E-state index in [1.165, 1.54) is 13.2 Å². The molecule has 0 aliphatic rings. The zero-order valence-electron chi connectivity index (χ0n) is 12.7. The quantitative estimate of drug-likeness (QED) is 0.804. The molecule has 0 atom stereocenters. The van der Waals surface area contributed by atoms with Crippen molar-refractivity contribution in [1.82, 2.24) is 5.32 Å². The molecule has 0 aliphatic heterocycles. The monoisotopic (exact) mass is 311 g/mol. The fraction of sp³-hybridized carbons (Fsp3) is 0.111. The van der Waals surface area contributed by atoms with Crippen LogP contribution in [0.5, 0.6) is 5.75 Å². The maximum absolute atomic E-state index is 12.0. The van der Waals surface area contributed by atoms with E-state index in [-0.39, 0.29) is 18.0 Å². The predicted molar refractivity (Wildman–Crippen MR) is 86.9 cm³/mol. The van der Waals surface area contributed by atoms with Crippen molar-refractivity contribution in [3.8, 4) is 5.75 Å². The van der Waals surface area contributed by atoms with Crippen LogP contribution in [0, 0.1) is 0 Å². The first-order valence-electron chi connectivity index (χ1n) is 7.02. The standard InChI is InChI=1S/C18H17NO4/c1-23-16-10-6-5-9-14(16)12-15(18(21)22)19-17(20)11-13-7-3-2-4-8-13/h2-10,12H,11H2,1H3,(H,19,20)(H,21,22)/b15-12-. The summed E-state index contributed by atoms with van der Waals surface area (Å²) in [5, 5.41) is 11.7. The summed E-state index contributed by atoms with van der Waals surface area (Å²) in [6, 6.07) is 16.1. The lowest BCUT2D eigenvalue weighted by atomic mass is 10.1. The minimum Gasteiger partial charge on any atom is -0.496 e. The minimum absolute atomic E-state index is 0.109. The largest absolute Gasteiger partial charge is 0.496 e. The molecule has 2 aromatic rings. The minimum atomic E-state index is -1.21. The van der Waals surface area contributed by atoms with E-state index in [9.17, 15) is 14.7 Å². The van der Waals surface area contributed by atoms with Gasteiger partial charge in [-0.1, -0.05) is 48.5 Å². The van der Waals surface area contributed by atoms with E-state index in [2.05, 4.69) is 5.32 Å². The van der Waals surface area contributed by atoms with Crippen molar-refractivity contribution in [3.63, 3.8) is 0 Å². The summed E-state index contributed by atoms with van der Waals surface area (Å²) in [5.74, 6) is -1.07. The number of methoxy groups -OCH3 is 1. The van der Waals surface area contributed by atoms with Gasteiger partial charge >= 0.3 is 5.97 Å². The van der Waals surface area contributed by atoms with Crippen LogP contribution in [0.4, 0.5) is 0 Å². The molecule has 0 unspecified atom stereocenters. The second kappa shape index (κ2) is 7.79. The fourth-order valence-electron chi connectivity index (χ4n) is 2.07. The van der Waals surface area contributed by atoms with Crippen molar-refractivity contribution in [3.05, 3.63) is 71.4 Å².